The first-order valence-electron chi connectivity index (χ1n) is 4.15. The van der Waals surface area contributed by atoms with E-state index in [4.69, 9.17) is 0 Å². The van der Waals surface area contributed by atoms with Gasteiger partial charge in [-0.3, -0.25) is 4.79 Å². The fraction of sp³-hybridized carbons (Fsp3) is 0.714. The number of hydrogen-bond acceptors (Lipinski definition) is 4. The zero-order chi connectivity index (χ0) is 10.0. The summed E-state index contributed by atoms with van der Waals surface area (Å²) in [6.45, 7) is 1.46. The van der Waals surface area contributed by atoms with Crippen LogP contribution >= 0.6 is 0 Å². The maximum absolute atomic E-state index is 11.2. The summed E-state index contributed by atoms with van der Waals surface area (Å²) in [7, 11) is 0.338. The summed E-state index contributed by atoms with van der Waals surface area (Å²) in [5.41, 5.74) is 0. The van der Waals surface area contributed by atoms with Crippen LogP contribution in [-0.2, 0) is 14.3 Å². The second kappa shape index (κ2) is 3.78. The van der Waals surface area contributed by atoms with Gasteiger partial charge in [0.15, 0.2) is 0 Å². The second-order valence-electron chi connectivity index (χ2n) is 3.01. The van der Waals surface area contributed by atoms with Crippen LogP contribution in [0.1, 0.15) is 12.8 Å². The summed E-state index contributed by atoms with van der Waals surface area (Å²) in [6, 6.07) is -0.613. The standard InChI is InChI=1S/C7H12BNO4/c1-8(12)9-5(7(11)13-2)3-4-6(9)10/h5,12H,3-4H2,1-2H3/t5-/m0/s1. The van der Waals surface area contributed by atoms with E-state index in [1.54, 1.807) is 0 Å². The van der Waals surface area contributed by atoms with E-state index in [0.29, 0.717) is 12.8 Å². The van der Waals surface area contributed by atoms with Gasteiger partial charge in [-0.2, -0.15) is 0 Å². The molecule has 0 radical (unpaired) electrons. The van der Waals surface area contributed by atoms with Crippen LogP contribution in [-0.4, -0.2) is 41.9 Å². The zero-order valence-corrected chi connectivity index (χ0v) is 7.69. The lowest BCUT2D eigenvalue weighted by Gasteiger charge is -2.23. The molecule has 5 nitrogen and oxygen atoms in total. The Morgan fingerprint density at radius 1 is 1.77 bits per heavy atom. The van der Waals surface area contributed by atoms with Crippen molar-refractivity contribution in [1.82, 2.24) is 4.81 Å². The number of rotatable bonds is 2. The van der Waals surface area contributed by atoms with Crippen molar-refractivity contribution >= 4 is 18.9 Å². The van der Waals surface area contributed by atoms with Crippen LogP contribution in [0.25, 0.3) is 0 Å². The summed E-state index contributed by atoms with van der Waals surface area (Å²) in [5, 5.41) is 9.23. The quantitative estimate of drug-likeness (QED) is 0.454. The Hall–Kier alpha value is -1.04. The van der Waals surface area contributed by atoms with Gasteiger partial charge in [-0.15, -0.1) is 0 Å². The van der Waals surface area contributed by atoms with Crippen LogP contribution in [0.4, 0.5) is 0 Å². The minimum absolute atomic E-state index is 0.203. The Balaban J connectivity index is 2.75. The average molecular weight is 185 g/mol. The van der Waals surface area contributed by atoms with Crippen LogP contribution in [0.2, 0.25) is 6.82 Å². The molecule has 0 aliphatic carbocycles. The van der Waals surface area contributed by atoms with E-state index in [2.05, 4.69) is 4.74 Å². The Morgan fingerprint density at radius 2 is 2.38 bits per heavy atom. The number of amides is 1. The monoisotopic (exact) mass is 185 g/mol. The summed E-state index contributed by atoms with van der Waals surface area (Å²) in [4.78, 5) is 23.5. The van der Waals surface area contributed by atoms with Crippen molar-refractivity contribution in [2.24, 2.45) is 0 Å². The average Bonchev–Trinajstić information content (AvgIpc) is 2.45. The molecular formula is C7H12BNO4. The molecule has 1 saturated heterocycles. The number of carbonyl (C=O) groups is 2. The van der Waals surface area contributed by atoms with Crippen molar-refractivity contribution in [3.63, 3.8) is 0 Å². The molecule has 6 heteroatoms. The number of nitrogens with zero attached hydrogens (tertiary/aromatic N) is 1. The zero-order valence-electron chi connectivity index (χ0n) is 7.69. The second-order valence-corrected chi connectivity index (χ2v) is 3.01. The molecule has 1 aliphatic rings. The van der Waals surface area contributed by atoms with Gasteiger partial charge in [0.25, 0.3) is 0 Å². The van der Waals surface area contributed by atoms with Crippen molar-refractivity contribution < 1.29 is 19.3 Å². The van der Waals surface area contributed by atoms with E-state index in [1.165, 1.54) is 13.9 Å². The van der Waals surface area contributed by atoms with Crippen LogP contribution in [0, 0.1) is 0 Å². The third-order valence-electron chi connectivity index (χ3n) is 2.13. The minimum Gasteiger partial charge on any atom is -0.468 e. The first-order chi connectivity index (χ1) is 6.07. The lowest BCUT2D eigenvalue weighted by molar-refractivity contribution is -0.146. The van der Waals surface area contributed by atoms with E-state index in [1.807, 2.05) is 0 Å². The highest BCUT2D eigenvalue weighted by Crippen LogP contribution is 2.20. The van der Waals surface area contributed by atoms with E-state index in [-0.39, 0.29) is 5.91 Å². The normalized spacial score (nSPS) is 21.9. The van der Waals surface area contributed by atoms with E-state index in [0.717, 1.165) is 4.81 Å². The van der Waals surface area contributed by atoms with Crippen LogP contribution in [0.5, 0.6) is 0 Å². The summed E-state index contributed by atoms with van der Waals surface area (Å²) in [5.74, 6) is -0.669. The van der Waals surface area contributed by atoms with Gasteiger partial charge in [0.05, 0.1) is 7.11 Å². The van der Waals surface area contributed by atoms with E-state index in [9.17, 15) is 14.6 Å². The van der Waals surface area contributed by atoms with Gasteiger partial charge in [0.2, 0.25) is 5.91 Å². The summed E-state index contributed by atoms with van der Waals surface area (Å²) < 4.78 is 4.52. The van der Waals surface area contributed by atoms with Crippen molar-refractivity contribution in [1.29, 1.82) is 0 Å². The van der Waals surface area contributed by atoms with Crippen LogP contribution < -0.4 is 0 Å². The molecule has 1 N–H and O–H groups in total. The Labute approximate surface area is 76.8 Å². The van der Waals surface area contributed by atoms with Gasteiger partial charge in [-0.1, -0.05) is 0 Å². The van der Waals surface area contributed by atoms with Gasteiger partial charge in [-0.25, -0.2) is 4.79 Å². The highest BCUT2D eigenvalue weighted by molar-refractivity contribution is 6.49. The topological polar surface area (TPSA) is 66.8 Å². The van der Waals surface area contributed by atoms with Crippen molar-refractivity contribution in [3.8, 4) is 0 Å². The highest BCUT2D eigenvalue weighted by atomic mass is 16.5. The fourth-order valence-electron chi connectivity index (χ4n) is 1.54. The molecule has 72 valence electrons. The molecule has 0 spiro atoms. The molecule has 0 aromatic heterocycles. The number of esters is 1. The largest absolute Gasteiger partial charge is 0.468 e. The number of carbonyl (C=O) groups excluding carboxylic acids is 2. The minimum atomic E-state index is -0.931. The highest BCUT2D eigenvalue weighted by Gasteiger charge is 2.40. The van der Waals surface area contributed by atoms with E-state index < -0.39 is 19.1 Å². The molecule has 1 aliphatic heterocycles. The van der Waals surface area contributed by atoms with E-state index >= 15 is 0 Å². The molecule has 0 bridgehead atoms. The van der Waals surface area contributed by atoms with Crippen molar-refractivity contribution in [2.75, 3.05) is 7.11 Å². The molecule has 1 amide bonds. The molecule has 1 heterocycles. The third kappa shape index (κ3) is 1.83. The van der Waals surface area contributed by atoms with Crippen LogP contribution in [0.15, 0.2) is 0 Å². The van der Waals surface area contributed by atoms with Crippen LogP contribution in [0.3, 0.4) is 0 Å². The predicted octanol–water partition coefficient (Wildman–Crippen LogP) is -0.739. The van der Waals surface area contributed by atoms with Gasteiger partial charge in [0.1, 0.15) is 6.04 Å². The lowest BCUT2D eigenvalue weighted by atomic mass is 9.84. The fourth-order valence-corrected chi connectivity index (χ4v) is 1.54. The number of methoxy groups -OCH3 is 1. The van der Waals surface area contributed by atoms with Gasteiger partial charge < -0.3 is 14.6 Å². The molecule has 1 rings (SSSR count). The van der Waals surface area contributed by atoms with Crippen molar-refractivity contribution in [2.45, 2.75) is 25.7 Å². The van der Waals surface area contributed by atoms with Crippen molar-refractivity contribution in [3.05, 3.63) is 0 Å². The first kappa shape index (κ1) is 10.0. The molecule has 1 atom stereocenters. The lowest BCUT2D eigenvalue weighted by Crippen LogP contribution is -2.47. The number of hydrogen-bond donors (Lipinski definition) is 1. The van der Waals surface area contributed by atoms with Gasteiger partial charge in [0, 0.05) is 6.42 Å². The SMILES string of the molecule is COC(=O)[C@@H]1CCC(=O)N1B(C)O. The molecule has 0 saturated carbocycles. The molecule has 0 unspecified atom stereocenters. The number of ether oxygens (including phenoxy) is 1. The molecule has 13 heavy (non-hydrogen) atoms. The molecular weight excluding hydrogens is 173 g/mol. The maximum Gasteiger partial charge on any atom is 0.412 e. The Morgan fingerprint density at radius 3 is 2.85 bits per heavy atom. The molecule has 0 aromatic carbocycles. The summed E-state index contributed by atoms with van der Waals surface area (Å²) in [6.07, 6.45) is 0.723. The first-order valence-corrected chi connectivity index (χ1v) is 4.15. The third-order valence-corrected chi connectivity index (χ3v) is 2.13. The summed E-state index contributed by atoms with van der Waals surface area (Å²) >= 11 is 0. The van der Waals surface area contributed by atoms with Gasteiger partial charge in [-0.05, 0) is 13.2 Å². The maximum atomic E-state index is 11.2. The van der Waals surface area contributed by atoms with Gasteiger partial charge >= 0.3 is 13.0 Å². The smallest absolute Gasteiger partial charge is 0.412 e. The Bertz CT molecular complexity index is 231. The molecule has 1 fully saturated rings. The Kier molecular flexibility index (Phi) is 2.92. The molecule has 0 aromatic rings. The predicted molar refractivity (Wildman–Crippen MR) is 45.7 cm³/mol.